The molecule has 0 radical (unpaired) electrons. The molecule has 0 unspecified atom stereocenters. The fourth-order valence-electron chi connectivity index (χ4n) is 2.32. The number of hydrogen-bond acceptors (Lipinski definition) is 4. The standard InChI is InChI=1S/C13H17FN2O3/c14-11-10(13(18)19)5-6-15-12(11)16-7-8-1-3-9(17)4-2-8/h5-6,8-9,17H,1-4,7H2,(H,15,16)(H,18,19). The molecule has 0 aromatic carbocycles. The summed E-state index contributed by atoms with van der Waals surface area (Å²) in [6.07, 6.45) is 4.35. The fraction of sp³-hybridized carbons (Fsp3) is 0.538. The lowest BCUT2D eigenvalue weighted by atomic mass is 9.87. The third kappa shape index (κ3) is 3.41. The number of halogens is 1. The number of pyridine rings is 1. The van der Waals surface area contributed by atoms with Crippen molar-refractivity contribution in [2.24, 2.45) is 5.92 Å². The molecule has 3 N–H and O–H groups in total. The lowest BCUT2D eigenvalue weighted by molar-refractivity contribution is 0.0691. The van der Waals surface area contributed by atoms with Crippen LogP contribution >= 0.6 is 0 Å². The van der Waals surface area contributed by atoms with Crippen LogP contribution in [0.2, 0.25) is 0 Å². The smallest absolute Gasteiger partial charge is 0.338 e. The summed E-state index contributed by atoms with van der Waals surface area (Å²) in [6.45, 7) is 0.541. The normalized spacial score (nSPS) is 23.1. The molecule has 0 atom stereocenters. The first-order valence-corrected chi connectivity index (χ1v) is 6.37. The van der Waals surface area contributed by atoms with Gasteiger partial charge in [-0.25, -0.2) is 14.2 Å². The van der Waals surface area contributed by atoms with Crippen molar-refractivity contribution in [3.05, 3.63) is 23.6 Å². The first-order chi connectivity index (χ1) is 9.08. The number of aromatic carboxylic acids is 1. The zero-order valence-corrected chi connectivity index (χ0v) is 10.5. The summed E-state index contributed by atoms with van der Waals surface area (Å²) in [7, 11) is 0. The number of carboxylic acid groups (broad SMARTS) is 1. The van der Waals surface area contributed by atoms with Gasteiger partial charge in [-0.1, -0.05) is 0 Å². The minimum Gasteiger partial charge on any atom is -0.478 e. The summed E-state index contributed by atoms with van der Waals surface area (Å²) in [5.74, 6) is -1.79. The van der Waals surface area contributed by atoms with Gasteiger partial charge in [0.15, 0.2) is 11.6 Å². The number of hydrogen-bond donors (Lipinski definition) is 3. The number of aliphatic hydroxyl groups excluding tert-OH is 1. The molecule has 1 aliphatic carbocycles. The van der Waals surface area contributed by atoms with Crippen molar-refractivity contribution in [1.29, 1.82) is 0 Å². The van der Waals surface area contributed by atoms with Crippen LogP contribution in [-0.4, -0.2) is 33.8 Å². The molecule has 104 valence electrons. The quantitative estimate of drug-likeness (QED) is 0.776. The Bertz CT molecular complexity index is 459. The molecule has 1 aromatic rings. The third-order valence-electron chi connectivity index (χ3n) is 3.49. The minimum atomic E-state index is -1.30. The van der Waals surface area contributed by atoms with Crippen molar-refractivity contribution < 1.29 is 19.4 Å². The second-order valence-electron chi connectivity index (χ2n) is 4.88. The second-order valence-corrected chi connectivity index (χ2v) is 4.88. The average Bonchev–Trinajstić information content (AvgIpc) is 2.39. The monoisotopic (exact) mass is 268 g/mol. The van der Waals surface area contributed by atoms with Gasteiger partial charge in [-0.05, 0) is 37.7 Å². The lowest BCUT2D eigenvalue weighted by Crippen LogP contribution is -2.24. The molecule has 5 nitrogen and oxygen atoms in total. The molecular weight excluding hydrogens is 251 g/mol. The zero-order valence-electron chi connectivity index (χ0n) is 10.5. The molecule has 0 saturated heterocycles. The molecule has 1 fully saturated rings. The van der Waals surface area contributed by atoms with Gasteiger partial charge in [0.2, 0.25) is 0 Å². The molecule has 1 saturated carbocycles. The van der Waals surface area contributed by atoms with E-state index in [1.165, 1.54) is 6.20 Å². The maximum absolute atomic E-state index is 13.8. The van der Waals surface area contributed by atoms with Gasteiger partial charge in [0.05, 0.1) is 6.10 Å². The molecule has 0 bridgehead atoms. The molecule has 1 aliphatic rings. The van der Waals surface area contributed by atoms with E-state index >= 15 is 0 Å². The summed E-state index contributed by atoms with van der Waals surface area (Å²) >= 11 is 0. The van der Waals surface area contributed by atoms with Gasteiger partial charge in [-0.3, -0.25) is 0 Å². The number of nitrogens with one attached hydrogen (secondary N) is 1. The highest BCUT2D eigenvalue weighted by molar-refractivity contribution is 5.88. The Morgan fingerprint density at radius 3 is 2.74 bits per heavy atom. The van der Waals surface area contributed by atoms with E-state index < -0.39 is 11.8 Å². The van der Waals surface area contributed by atoms with Gasteiger partial charge in [0.25, 0.3) is 0 Å². The van der Waals surface area contributed by atoms with Crippen LogP contribution in [-0.2, 0) is 0 Å². The van der Waals surface area contributed by atoms with Crippen molar-refractivity contribution in [3.8, 4) is 0 Å². The molecule has 19 heavy (non-hydrogen) atoms. The van der Waals surface area contributed by atoms with Crippen LogP contribution < -0.4 is 5.32 Å². The first kappa shape index (κ1) is 13.7. The highest BCUT2D eigenvalue weighted by atomic mass is 19.1. The Morgan fingerprint density at radius 1 is 1.42 bits per heavy atom. The number of nitrogens with zero attached hydrogens (tertiary/aromatic N) is 1. The van der Waals surface area contributed by atoms with Crippen LogP contribution in [0.1, 0.15) is 36.0 Å². The molecule has 2 rings (SSSR count). The first-order valence-electron chi connectivity index (χ1n) is 6.37. The van der Waals surface area contributed by atoms with Crippen LogP contribution in [0.3, 0.4) is 0 Å². The number of aromatic nitrogens is 1. The SMILES string of the molecule is O=C(O)c1ccnc(NCC2CCC(O)CC2)c1F. The van der Waals surface area contributed by atoms with E-state index in [4.69, 9.17) is 5.11 Å². The van der Waals surface area contributed by atoms with E-state index in [0.717, 1.165) is 31.7 Å². The van der Waals surface area contributed by atoms with Gasteiger partial charge >= 0.3 is 5.97 Å². The van der Waals surface area contributed by atoms with E-state index in [-0.39, 0.29) is 17.5 Å². The molecular formula is C13H17FN2O3. The van der Waals surface area contributed by atoms with Gasteiger partial charge in [-0.15, -0.1) is 0 Å². The van der Waals surface area contributed by atoms with Gasteiger partial charge in [0.1, 0.15) is 5.56 Å². The zero-order chi connectivity index (χ0) is 13.8. The minimum absolute atomic E-state index is 0.0222. The number of carbonyl (C=O) groups is 1. The maximum atomic E-state index is 13.8. The molecule has 1 aromatic heterocycles. The third-order valence-corrected chi connectivity index (χ3v) is 3.49. The molecule has 1 heterocycles. The summed E-state index contributed by atoms with van der Waals surface area (Å²) in [5.41, 5.74) is -0.378. The highest BCUT2D eigenvalue weighted by Crippen LogP contribution is 2.25. The Kier molecular flexibility index (Phi) is 4.31. The van der Waals surface area contributed by atoms with Crippen LogP contribution in [0.4, 0.5) is 10.2 Å². The average molecular weight is 268 g/mol. The van der Waals surface area contributed by atoms with Gasteiger partial charge in [0, 0.05) is 12.7 Å². The van der Waals surface area contributed by atoms with E-state index in [1.54, 1.807) is 0 Å². The Morgan fingerprint density at radius 2 is 2.11 bits per heavy atom. The van der Waals surface area contributed by atoms with Crippen molar-refractivity contribution in [1.82, 2.24) is 4.98 Å². The topological polar surface area (TPSA) is 82.5 Å². The Hall–Kier alpha value is -1.69. The predicted molar refractivity (Wildman–Crippen MR) is 67.6 cm³/mol. The maximum Gasteiger partial charge on any atom is 0.338 e. The largest absolute Gasteiger partial charge is 0.478 e. The molecule has 6 heteroatoms. The summed E-state index contributed by atoms with van der Waals surface area (Å²) < 4.78 is 13.8. The Labute approximate surface area is 110 Å². The number of carboxylic acids is 1. The van der Waals surface area contributed by atoms with Gasteiger partial charge in [-0.2, -0.15) is 0 Å². The number of anilines is 1. The number of aliphatic hydroxyl groups is 1. The van der Waals surface area contributed by atoms with E-state index in [2.05, 4.69) is 10.3 Å². The predicted octanol–water partition coefficient (Wildman–Crippen LogP) is 1.88. The summed E-state index contributed by atoms with van der Waals surface area (Å²) in [6, 6.07) is 1.14. The van der Waals surface area contributed by atoms with Crippen molar-refractivity contribution in [3.63, 3.8) is 0 Å². The van der Waals surface area contributed by atoms with Crippen LogP contribution in [0.25, 0.3) is 0 Å². The molecule has 0 amide bonds. The van der Waals surface area contributed by atoms with E-state index in [9.17, 15) is 14.3 Å². The summed E-state index contributed by atoms with van der Waals surface area (Å²) in [5, 5.41) is 21.1. The van der Waals surface area contributed by atoms with E-state index in [1.807, 2.05) is 0 Å². The number of rotatable bonds is 4. The second kappa shape index (κ2) is 5.97. The van der Waals surface area contributed by atoms with Gasteiger partial charge < -0.3 is 15.5 Å². The summed E-state index contributed by atoms with van der Waals surface area (Å²) in [4.78, 5) is 14.6. The van der Waals surface area contributed by atoms with E-state index in [0.29, 0.717) is 12.5 Å². The van der Waals surface area contributed by atoms with Crippen LogP contribution in [0, 0.1) is 11.7 Å². The molecule has 0 spiro atoms. The molecule has 0 aliphatic heterocycles. The van der Waals surface area contributed by atoms with Crippen LogP contribution in [0.15, 0.2) is 12.3 Å². The Balaban J connectivity index is 1.96. The highest BCUT2D eigenvalue weighted by Gasteiger charge is 2.20. The van der Waals surface area contributed by atoms with Crippen molar-refractivity contribution in [2.45, 2.75) is 31.8 Å². The van der Waals surface area contributed by atoms with Crippen molar-refractivity contribution in [2.75, 3.05) is 11.9 Å². The van der Waals surface area contributed by atoms with Crippen molar-refractivity contribution >= 4 is 11.8 Å². The van der Waals surface area contributed by atoms with Crippen LogP contribution in [0.5, 0.6) is 0 Å². The fourth-order valence-corrected chi connectivity index (χ4v) is 2.32. The lowest BCUT2D eigenvalue weighted by Gasteiger charge is -2.25.